The van der Waals surface area contributed by atoms with Crippen molar-refractivity contribution >= 4 is 28.5 Å². The highest BCUT2D eigenvalue weighted by molar-refractivity contribution is 6.35. The molecule has 3 heterocycles. The Morgan fingerprint density at radius 2 is 2.12 bits per heavy atom. The second kappa shape index (κ2) is 6.00. The summed E-state index contributed by atoms with van der Waals surface area (Å²) in [5.41, 5.74) is 3.71. The number of hydrogen-bond acceptors (Lipinski definition) is 5. The molecule has 3 aromatic heterocycles. The van der Waals surface area contributed by atoms with Crippen LogP contribution in [0.1, 0.15) is 11.3 Å². The molecule has 8 heteroatoms. The maximum absolute atomic E-state index is 7.00. The minimum absolute atomic E-state index is 0.360. The molecule has 0 aliphatic carbocycles. The summed E-state index contributed by atoms with van der Waals surface area (Å²) in [7, 11) is 0. The second-order valence-electron chi connectivity index (χ2n) is 5.46. The molecular formula is C17H11ClN6O. The summed E-state index contributed by atoms with van der Waals surface area (Å²) >= 11 is 6.31. The van der Waals surface area contributed by atoms with Crippen LogP contribution in [0.15, 0.2) is 41.2 Å². The van der Waals surface area contributed by atoms with Gasteiger partial charge in [-0.25, -0.2) is 9.61 Å². The van der Waals surface area contributed by atoms with E-state index in [0.717, 1.165) is 11.1 Å². The Morgan fingerprint density at radius 1 is 1.24 bits per heavy atom. The number of para-hydroxylation sites is 1. The largest absolute Gasteiger partial charge is 0.361 e. The average molecular weight is 351 g/mol. The van der Waals surface area contributed by atoms with Gasteiger partial charge in [0.2, 0.25) is 0 Å². The lowest BCUT2D eigenvalue weighted by Crippen LogP contribution is -2.03. The number of hydrogen-bond donors (Lipinski definition) is 0. The number of pyridine rings is 1. The Balaban J connectivity index is 1.90. The number of fused-ring (bicyclic) bond motifs is 1. The molecule has 0 unspecified atom stereocenters. The smallest absolute Gasteiger partial charge is 0.269 e. The van der Waals surface area contributed by atoms with E-state index < -0.39 is 0 Å². The molecule has 7 nitrogen and oxygen atoms in total. The van der Waals surface area contributed by atoms with E-state index >= 15 is 0 Å². The Labute approximate surface area is 147 Å². The van der Waals surface area contributed by atoms with E-state index in [1.807, 2.05) is 29.7 Å². The summed E-state index contributed by atoms with van der Waals surface area (Å²) in [6.07, 6.45) is 1.68. The molecule has 0 saturated heterocycles. The Bertz CT molecular complexity index is 1110. The lowest BCUT2D eigenvalue weighted by Gasteiger charge is -2.07. The van der Waals surface area contributed by atoms with E-state index in [-0.39, 0.29) is 0 Å². The molecule has 0 bridgehead atoms. The summed E-state index contributed by atoms with van der Waals surface area (Å²) in [4.78, 5) is 12.1. The number of halogens is 1. The molecule has 0 saturated carbocycles. The van der Waals surface area contributed by atoms with Crippen LogP contribution in [0.4, 0.5) is 5.82 Å². The predicted octanol–water partition coefficient (Wildman–Crippen LogP) is 4.04. The van der Waals surface area contributed by atoms with Crippen LogP contribution in [0, 0.1) is 13.5 Å². The monoisotopic (exact) mass is 350 g/mol. The number of aromatic nitrogens is 5. The van der Waals surface area contributed by atoms with Crippen LogP contribution >= 0.6 is 11.6 Å². The predicted molar refractivity (Wildman–Crippen MR) is 92.4 cm³/mol. The van der Waals surface area contributed by atoms with Gasteiger partial charge in [0.15, 0.2) is 11.5 Å². The third-order valence-electron chi connectivity index (χ3n) is 3.86. The van der Waals surface area contributed by atoms with Crippen molar-refractivity contribution < 1.29 is 4.63 Å². The molecule has 1 aromatic carbocycles. The van der Waals surface area contributed by atoms with Gasteiger partial charge >= 0.3 is 0 Å². The van der Waals surface area contributed by atoms with E-state index in [0.29, 0.717) is 40.1 Å². The fourth-order valence-corrected chi connectivity index (χ4v) is 2.86. The lowest BCUT2D eigenvalue weighted by atomic mass is 10.2. The van der Waals surface area contributed by atoms with Gasteiger partial charge in [0.1, 0.15) is 17.4 Å². The van der Waals surface area contributed by atoms with Crippen LogP contribution < -0.4 is 0 Å². The van der Waals surface area contributed by atoms with Gasteiger partial charge in [-0.1, -0.05) is 35.5 Å². The van der Waals surface area contributed by atoms with Crippen molar-refractivity contribution in [2.24, 2.45) is 0 Å². The quantitative estimate of drug-likeness (QED) is 0.521. The van der Waals surface area contributed by atoms with E-state index in [2.05, 4.69) is 25.1 Å². The van der Waals surface area contributed by atoms with Gasteiger partial charge in [0.25, 0.3) is 5.82 Å². The molecule has 0 aliphatic rings. The molecule has 0 spiro atoms. The van der Waals surface area contributed by atoms with Gasteiger partial charge in [-0.15, -0.1) is 4.98 Å². The number of imidazole rings is 1. The number of rotatable bonds is 3. The molecule has 0 aliphatic heterocycles. The molecular weight excluding hydrogens is 340 g/mol. The van der Waals surface area contributed by atoms with Crippen molar-refractivity contribution in [2.75, 3.05) is 0 Å². The van der Waals surface area contributed by atoms with Crippen LogP contribution in [-0.2, 0) is 6.54 Å². The van der Waals surface area contributed by atoms with Crippen LogP contribution in [0.3, 0.4) is 0 Å². The molecule has 4 rings (SSSR count). The fourth-order valence-electron chi connectivity index (χ4n) is 2.65. The van der Waals surface area contributed by atoms with Crippen molar-refractivity contribution in [3.05, 3.63) is 64.2 Å². The van der Waals surface area contributed by atoms with Gasteiger partial charge < -0.3 is 9.41 Å². The minimum atomic E-state index is 0.360. The highest BCUT2D eigenvalue weighted by Gasteiger charge is 2.20. The number of benzene rings is 1. The van der Waals surface area contributed by atoms with Gasteiger partial charge in [0.05, 0.1) is 17.1 Å². The van der Waals surface area contributed by atoms with Crippen LogP contribution in [-0.4, -0.2) is 24.8 Å². The summed E-state index contributed by atoms with van der Waals surface area (Å²) in [5.74, 6) is 0.982. The minimum Gasteiger partial charge on any atom is -0.361 e. The summed E-state index contributed by atoms with van der Waals surface area (Å²) < 4.78 is 6.82. The van der Waals surface area contributed by atoms with E-state index in [4.69, 9.17) is 22.8 Å². The Kier molecular flexibility index (Phi) is 3.67. The summed E-state index contributed by atoms with van der Waals surface area (Å²) in [6, 6.07) is 9.18. The van der Waals surface area contributed by atoms with Crippen molar-refractivity contribution in [2.45, 2.75) is 13.5 Å². The zero-order chi connectivity index (χ0) is 17.4. The molecule has 0 amide bonds. The SMILES string of the molecule is [C-]#[N+]c1ccc(Cn2c(-c3nonc3C)nc3c(Cl)cccc32)cn1. The van der Waals surface area contributed by atoms with Gasteiger partial charge in [0, 0.05) is 5.56 Å². The standard InChI is InChI=1S/C17H11ClN6O/c1-10-15(23-25-22-10)17-21-16-12(18)4-3-5-13(16)24(17)9-11-6-7-14(19-2)20-8-11/h3-8H,9H2,1H3. The number of nitrogens with zero attached hydrogens (tertiary/aromatic N) is 6. The zero-order valence-corrected chi connectivity index (χ0v) is 13.9. The van der Waals surface area contributed by atoms with Crippen LogP contribution in [0.25, 0.3) is 27.4 Å². The molecule has 0 fully saturated rings. The Hall–Kier alpha value is -3.24. The molecule has 122 valence electrons. The first-order valence-corrected chi connectivity index (χ1v) is 7.82. The topological polar surface area (TPSA) is 74.0 Å². The van der Waals surface area contributed by atoms with E-state index in [1.165, 1.54) is 0 Å². The third kappa shape index (κ3) is 2.62. The molecule has 25 heavy (non-hydrogen) atoms. The average Bonchev–Trinajstić information content (AvgIpc) is 3.20. The first kappa shape index (κ1) is 15.3. The van der Waals surface area contributed by atoms with Crippen molar-refractivity contribution in [3.8, 4) is 11.5 Å². The first-order valence-electron chi connectivity index (χ1n) is 7.44. The first-order chi connectivity index (χ1) is 12.2. The van der Waals surface area contributed by atoms with Crippen molar-refractivity contribution in [1.82, 2.24) is 24.8 Å². The lowest BCUT2D eigenvalue weighted by molar-refractivity contribution is 0.305. The zero-order valence-electron chi connectivity index (χ0n) is 13.1. The van der Waals surface area contributed by atoms with Gasteiger partial charge in [-0.3, -0.25) is 0 Å². The highest BCUT2D eigenvalue weighted by atomic mass is 35.5. The van der Waals surface area contributed by atoms with Gasteiger partial charge in [-0.2, -0.15) is 0 Å². The normalized spacial score (nSPS) is 10.9. The summed E-state index contributed by atoms with van der Waals surface area (Å²) in [5, 5.41) is 8.37. The third-order valence-corrected chi connectivity index (χ3v) is 4.16. The Morgan fingerprint density at radius 3 is 2.80 bits per heavy atom. The fraction of sp³-hybridized carbons (Fsp3) is 0.118. The second-order valence-corrected chi connectivity index (χ2v) is 5.87. The van der Waals surface area contributed by atoms with Crippen molar-refractivity contribution in [1.29, 1.82) is 0 Å². The van der Waals surface area contributed by atoms with Crippen LogP contribution in [0.2, 0.25) is 5.02 Å². The van der Waals surface area contributed by atoms with Crippen LogP contribution in [0.5, 0.6) is 0 Å². The number of aryl methyl sites for hydroxylation is 1. The highest BCUT2D eigenvalue weighted by Crippen LogP contribution is 2.30. The van der Waals surface area contributed by atoms with Crippen molar-refractivity contribution in [3.63, 3.8) is 0 Å². The molecule has 4 aromatic rings. The van der Waals surface area contributed by atoms with Gasteiger partial charge in [-0.05, 0) is 30.3 Å². The summed E-state index contributed by atoms with van der Waals surface area (Å²) in [6.45, 7) is 9.31. The molecule has 0 atom stereocenters. The maximum atomic E-state index is 7.00. The molecule has 0 radical (unpaired) electrons. The van der Waals surface area contributed by atoms with E-state index in [9.17, 15) is 0 Å². The molecule has 0 N–H and O–H groups in total. The van der Waals surface area contributed by atoms with E-state index in [1.54, 1.807) is 18.3 Å². The maximum Gasteiger partial charge on any atom is 0.269 e.